The van der Waals surface area contributed by atoms with Crippen molar-refractivity contribution in [3.05, 3.63) is 78.1 Å². The van der Waals surface area contributed by atoms with Gasteiger partial charge in [-0.25, -0.2) is 0 Å². The Balaban J connectivity index is 1.14. The molecule has 2 aliphatic heterocycles. The SMILES string of the molecule is O=C(C(=O)N1CCN(C(=O)c2cccc3ccccc23)CC1)N1CCN(C(=O)c2ccccn2)CC1. The summed E-state index contributed by atoms with van der Waals surface area (Å²) >= 11 is 0. The highest BCUT2D eigenvalue weighted by atomic mass is 16.2. The molecule has 0 atom stereocenters. The average Bonchev–Trinajstić information content (AvgIpc) is 2.96. The number of carbonyl (C=O) groups excluding carboxylic acids is 4. The van der Waals surface area contributed by atoms with Crippen molar-refractivity contribution in [2.45, 2.75) is 0 Å². The molecule has 5 rings (SSSR count). The molecule has 184 valence electrons. The minimum atomic E-state index is -0.561. The van der Waals surface area contributed by atoms with Gasteiger partial charge in [-0.1, -0.05) is 42.5 Å². The molecule has 4 amide bonds. The van der Waals surface area contributed by atoms with Crippen molar-refractivity contribution >= 4 is 34.4 Å². The number of pyridine rings is 1. The third-order valence-corrected chi connectivity index (χ3v) is 6.80. The first-order valence-corrected chi connectivity index (χ1v) is 12.1. The third kappa shape index (κ3) is 4.64. The lowest BCUT2D eigenvalue weighted by Crippen LogP contribution is -2.57. The quantitative estimate of drug-likeness (QED) is 0.513. The zero-order valence-electron chi connectivity index (χ0n) is 19.9. The Hall–Kier alpha value is -4.27. The van der Waals surface area contributed by atoms with E-state index in [-0.39, 0.29) is 11.8 Å². The summed E-state index contributed by atoms with van der Waals surface area (Å²) < 4.78 is 0. The molecule has 2 aliphatic rings. The van der Waals surface area contributed by atoms with Crippen LogP contribution in [0, 0.1) is 0 Å². The van der Waals surface area contributed by atoms with Gasteiger partial charge in [-0.05, 0) is 29.0 Å². The van der Waals surface area contributed by atoms with E-state index in [0.717, 1.165) is 10.8 Å². The van der Waals surface area contributed by atoms with Crippen LogP contribution in [0.15, 0.2) is 66.9 Å². The van der Waals surface area contributed by atoms with Crippen molar-refractivity contribution in [2.24, 2.45) is 0 Å². The number of aromatic nitrogens is 1. The van der Waals surface area contributed by atoms with Gasteiger partial charge >= 0.3 is 11.8 Å². The molecule has 0 aliphatic carbocycles. The summed E-state index contributed by atoms with van der Waals surface area (Å²) in [5, 5.41) is 1.91. The minimum absolute atomic E-state index is 0.0704. The normalized spacial score (nSPS) is 16.2. The number of hydrogen-bond donors (Lipinski definition) is 0. The molecule has 0 N–H and O–H groups in total. The Labute approximate surface area is 208 Å². The fraction of sp³-hybridized carbons (Fsp3) is 0.296. The number of carbonyl (C=O) groups is 4. The molecule has 1 aromatic heterocycles. The standard InChI is InChI=1S/C27H27N5O4/c33-24(22-9-5-7-20-6-1-2-8-21(20)22)29-12-16-31(17-13-29)26(35)27(36)32-18-14-30(15-19-32)25(34)23-10-3-4-11-28-23/h1-11H,12-19H2. The zero-order valence-corrected chi connectivity index (χ0v) is 19.9. The molecule has 9 nitrogen and oxygen atoms in total. The third-order valence-electron chi connectivity index (χ3n) is 6.80. The summed E-state index contributed by atoms with van der Waals surface area (Å²) in [7, 11) is 0. The Morgan fingerprint density at radius 3 is 1.69 bits per heavy atom. The molecular weight excluding hydrogens is 458 g/mol. The number of piperazine rings is 2. The topological polar surface area (TPSA) is 94.1 Å². The van der Waals surface area contributed by atoms with E-state index in [2.05, 4.69) is 4.98 Å². The number of fused-ring (bicyclic) bond motifs is 1. The van der Waals surface area contributed by atoms with Crippen molar-refractivity contribution in [1.29, 1.82) is 0 Å². The number of rotatable bonds is 2. The fourth-order valence-electron chi connectivity index (χ4n) is 4.73. The lowest BCUT2D eigenvalue weighted by molar-refractivity contribution is -0.153. The molecule has 2 aromatic carbocycles. The van der Waals surface area contributed by atoms with E-state index < -0.39 is 11.8 Å². The first-order chi connectivity index (χ1) is 17.5. The molecule has 36 heavy (non-hydrogen) atoms. The van der Waals surface area contributed by atoms with Gasteiger partial charge in [0.05, 0.1) is 0 Å². The van der Waals surface area contributed by atoms with Crippen LogP contribution < -0.4 is 0 Å². The van der Waals surface area contributed by atoms with Crippen LogP contribution in [0.4, 0.5) is 0 Å². The molecule has 0 saturated carbocycles. The summed E-state index contributed by atoms with van der Waals surface area (Å²) in [4.78, 5) is 62.0. The Bertz CT molecular complexity index is 1290. The molecule has 3 aromatic rings. The van der Waals surface area contributed by atoms with Gasteiger partial charge in [-0.2, -0.15) is 0 Å². The summed E-state index contributed by atoms with van der Waals surface area (Å²) in [5.74, 6) is -1.37. The molecule has 0 unspecified atom stereocenters. The van der Waals surface area contributed by atoms with Gasteiger partial charge in [0.15, 0.2) is 0 Å². The van der Waals surface area contributed by atoms with Crippen LogP contribution in [-0.2, 0) is 9.59 Å². The second-order valence-electron chi connectivity index (χ2n) is 8.91. The number of amides is 4. The van der Waals surface area contributed by atoms with Crippen LogP contribution in [0.25, 0.3) is 10.8 Å². The van der Waals surface area contributed by atoms with Crippen LogP contribution in [0.3, 0.4) is 0 Å². The van der Waals surface area contributed by atoms with Crippen LogP contribution in [0.1, 0.15) is 20.8 Å². The zero-order chi connectivity index (χ0) is 25.1. The van der Waals surface area contributed by atoms with Gasteiger partial charge in [-0.15, -0.1) is 0 Å². The maximum atomic E-state index is 13.2. The van der Waals surface area contributed by atoms with Gasteiger partial charge in [0.2, 0.25) is 0 Å². The second kappa shape index (κ2) is 10.2. The molecule has 9 heteroatoms. The average molecular weight is 486 g/mol. The maximum absolute atomic E-state index is 13.2. The monoisotopic (exact) mass is 485 g/mol. The van der Waals surface area contributed by atoms with Crippen molar-refractivity contribution in [3.8, 4) is 0 Å². The van der Waals surface area contributed by atoms with E-state index in [1.165, 1.54) is 9.80 Å². The van der Waals surface area contributed by atoms with E-state index in [4.69, 9.17) is 0 Å². The second-order valence-corrected chi connectivity index (χ2v) is 8.91. The summed E-state index contributed by atoms with van der Waals surface area (Å²) in [6.45, 7) is 2.63. The molecule has 0 bridgehead atoms. The molecule has 2 saturated heterocycles. The summed E-state index contributed by atoms with van der Waals surface area (Å²) in [5.41, 5.74) is 1.01. The van der Waals surface area contributed by atoms with Crippen LogP contribution in [0.5, 0.6) is 0 Å². The van der Waals surface area contributed by atoms with Crippen molar-refractivity contribution < 1.29 is 19.2 Å². The highest BCUT2D eigenvalue weighted by Crippen LogP contribution is 2.21. The Morgan fingerprint density at radius 2 is 1.08 bits per heavy atom. The van der Waals surface area contributed by atoms with E-state index >= 15 is 0 Å². The van der Waals surface area contributed by atoms with Gasteiger partial charge < -0.3 is 19.6 Å². The highest BCUT2D eigenvalue weighted by molar-refractivity contribution is 6.35. The smallest absolute Gasteiger partial charge is 0.312 e. The number of hydrogen-bond acceptors (Lipinski definition) is 5. The minimum Gasteiger partial charge on any atom is -0.335 e. The van der Waals surface area contributed by atoms with Gasteiger partial charge in [0.25, 0.3) is 11.8 Å². The molecule has 3 heterocycles. The Kier molecular flexibility index (Phi) is 6.62. The number of benzene rings is 2. The van der Waals surface area contributed by atoms with E-state index in [9.17, 15) is 19.2 Å². The lowest BCUT2D eigenvalue weighted by Gasteiger charge is -2.37. The number of nitrogens with zero attached hydrogens (tertiary/aromatic N) is 5. The van der Waals surface area contributed by atoms with Crippen LogP contribution >= 0.6 is 0 Å². The summed E-state index contributed by atoms with van der Waals surface area (Å²) in [6, 6.07) is 18.6. The fourth-order valence-corrected chi connectivity index (χ4v) is 4.73. The lowest BCUT2D eigenvalue weighted by atomic mass is 10.0. The molecule has 0 spiro atoms. The predicted octanol–water partition coefficient (Wildman–Crippen LogP) is 1.50. The van der Waals surface area contributed by atoms with Gasteiger partial charge in [-0.3, -0.25) is 24.2 Å². The molecule has 0 radical (unpaired) electrons. The van der Waals surface area contributed by atoms with E-state index in [0.29, 0.717) is 63.6 Å². The van der Waals surface area contributed by atoms with Crippen LogP contribution in [0.2, 0.25) is 0 Å². The maximum Gasteiger partial charge on any atom is 0.312 e. The predicted molar refractivity (Wildman–Crippen MR) is 133 cm³/mol. The molecular formula is C27H27N5O4. The van der Waals surface area contributed by atoms with Gasteiger partial charge in [0, 0.05) is 64.1 Å². The van der Waals surface area contributed by atoms with Crippen molar-refractivity contribution in [1.82, 2.24) is 24.6 Å². The highest BCUT2D eigenvalue weighted by Gasteiger charge is 2.33. The first kappa shape index (κ1) is 23.5. The Morgan fingerprint density at radius 1 is 0.556 bits per heavy atom. The van der Waals surface area contributed by atoms with E-state index in [1.807, 2.05) is 42.5 Å². The molecule has 2 fully saturated rings. The summed E-state index contributed by atoms with van der Waals surface area (Å²) in [6.07, 6.45) is 1.57. The largest absolute Gasteiger partial charge is 0.335 e. The van der Waals surface area contributed by atoms with Crippen LogP contribution in [-0.4, -0.2) is 101 Å². The van der Waals surface area contributed by atoms with E-state index in [1.54, 1.807) is 34.2 Å². The first-order valence-electron chi connectivity index (χ1n) is 12.1. The van der Waals surface area contributed by atoms with Crippen molar-refractivity contribution in [2.75, 3.05) is 52.4 Å². The van der Waals surface area contributed by atoms with Crippen molar-refractivity contribution in [3.63, 3.8) is 0 Å². The van der Waals surface area contributed by atoms with Gasteiger partial charge in [0.1, 0.15) is 5.69 Å².